The molecule has 0 unspecified atom stereocenters. The Morgan fingerprint density at radius 2 is 1.65 bits per heavy atom. The fourth-order valence-corrected chi connectivity index (χ4v) is 3.93. The van der Waals surface area contributed by atoms with Crippen LogP contribution in [0.25, 0.3) is 0 Å². The third kappa shape index (κ3) is 4.13. The average Bonchev–Trinajstić information content (AvgIpc) is 3.24. The molecule has 0 aromatic carbocycles. The molecule has 0 N–H and O–H groups in total. The second-order valence-corrected chi connectivity index (χ2v) is 7.14. The number of rotatable bonds is 4. The molecule has 0 spiro atoms. The topological polar surface area (TPSA) is 71.0 Å². The van der Waals surface area contributed by atoms with Gasteiger partial charge in [0.05, 0.1) is 19.8 Å². The van der Waals surface area contributed by atoms with Gasteiger partial charge in [-0.15, -0.1) is 0 Å². The Hall–Kier alpha value is -1.77. The number of amides is 1. The summed E-state index contributed by atoms with van der Waals surface area (Å²) in [6, 6.07) is 1.82. The number of ether oxygens (including phenoxy) is 2. The minimum Gasteiger partial charge on any atom is -0.350 e. The van der Waals surface area contributed by atoms with E-state index in [0.717, 1.165) is 58.1 Å². The quantitative estimate of drug-likeness (QED) is 0.759. The van der Waals surface area contributed by atoms with Gasteiger partial charge in [0.25, 0.3) is 0 Å². The zero-order valence-corrected chi connectivity index (χ0v) is 15.1. The molecule has 4 rings (SSSR count). The molecule has 142 valence electrons. The van der Waals surface area contributed by atoms with Crippen LogP contribution in [-0.4, -0.2) is 91.0 Å². The smallest absolute Gasteiger partial charge is 0.236 e. The Balaban J connectivity index is 1.20. The van der Waals surface area contributed by atoms with E-state index in [2.05, 4.69) is 19.8 Å². The molecule has 8 heteroatoms. The number of piperazine rings is 1. The summed E-state index contributed by atoms with van der Waals surface area (Å²) in [6.07, 6.45) is 5.56. The Kier molecular flexibility index (Phi) is 5.62. The summed E-state index contributed by atoms with van der Waals surface area (Å²) >= 11 is 0. The maximum Gasteiger partial charge on any atom is 0.236 e. The highest BCUT2D eigenvalue weighted by molar-refractivity contribution is 5.78. The molecule has 1 aromatic rings. The summed E-state index contributed by atoms with van der Waals surface area (Å²) in [6.45, 7) is 6.86. The lowest BCUT2D eigenvalue weighted by molar-refractivity contribution is -0.134. The first-order valence-corrected chi connectivity index (χ1v) is 9.55. The van der Waals surface area contributed by atoms with Crippen molar-refractivity contribution >= 4 is 11.9 Å². The predicted octanol–water partition coefficient (Wildman–Crippen LogP) is 0.210. The van der Waals surface area contributed by atoms with Crippen LogP contribution in [0.2, 0.25) is 0 Å². The van der Waals surface area contributed by atoms with Gasteiger partial charge in [-0.1, -0.05) is 0 Å². The van der Waals surface area contributed by atoms with Gasteiger partial charge in [0.1, 0.15) is 0 Å². The fourth-order valence-electron chi connectivity index (χ4n) is 3.93. The Morgan fingerprint density at radius 1 is 1.00 bits per heavy atom. The summed E-state index contributed by atoms with van der Waals surface area (Å²) in [5, 5.41) is 0. The maximum absolute atomic E-state index is 12.6. The third-order valence-corrected chi connectivity index (χ3v) is 5.49. The Bertz CT molecular complexity index is 580. The summed E-state index contributed by atoms with van der Waals surface area (Å²) in [5.41, 5.74) is 0. The van der Waals surface area contributed by atoms with Gasteiger partial charge >= 0.3 is 0 Å². The van der Waals surface area contributed by atoms with E-state index in [4.69, 9.17) is 9.47 Å². The summed E-state index contributed by atoms with van der Waals surface area (Å²) in [5.74, 6) is 1.45. The predicted molar refractivity (Wildman–Crippen MR) is 95.7 cm³/mol. The van der Waals surface area contributed by atoms with Crippen molar-refractivity contribution < 1.29 is 14.3 Å². The number of anilines is 1. The van der Waals surface area contributed by atoms with Gasteiger partial charge in [0, 0.05) is 44.5 Å². The van der Waals surface area contributed by atoms with E-state index in [9.17, 15) is 4.79 Å². The molecule has 0 bridgehead atoms. The molecule has 0 atom stereocenters. The highest BCUT2D eigenvalue weighted by atomic mass is 16.7. The lowest BCUT2D eigenvalue weighted by Crippen LogP contribution is -2.52. The Morgan fingerprint density at radius 3 is 2.31 bits per heavy atom. The van der Waals surface area contributed by atoms with Crippen molar-refractivity contribution in [2.24, 2.45) is 5.92 Å². The van der Waals surface area contributed by atoms with Gasteiger partial charge in [-0.25, -0.2) is 9.97 Å². The van der Waals surface area contributed by atoms with Crippen LogP contribution >= 0.6 is 0 Å². The molecule has 3 aliphatic rings. The zero-order chi connectivity index (χ0) is 17.8. The number of hydrogen-bond acceptors (Lipinski definition) is 7. The third-order valence-electron chi connectivity index (χ3n) is 5.49. The van der Waals surface area contributed by atoms with E-state index >= 15 is 0 Å². The van der Waals surface area contributed by atoms with Gasteiger partial charge in [-0.2, -0.15) is 0 Å². The summed E-state index contributed by atoms with van der Waals surface area (Å²) in [7, 11) is 0. The molecule has 26 heavy (non-hydrogen) atoms. The van der Waals surface area contributed by atoms with Crippen LogP contribution in [0.3, 0.4) is 0 Å². The molecule has 1 amide bonds. The van der Waals surface area contributed by atoms with E-state index in [1.54, 1.807) is 12.4 Å². The van der Waals surface area contributed by atoms with E-state index in [-0.39, 0.29) is 12.2 Å². The van der Waals surface area contributed by atoms with Crippen LogP contribution in [0.15, 0.2) is 18.5 Å². The van der Waals surface area contributed by atoms with Gasteiger partial charge in [-0.3, -0.25) is 9.69 Å². The highest BCUT2D eigenvalue weighted by Crippen LogP contribution is 2.25. The number of aromatic nitrogens is 2. The van der Waals surface area contributed by atoms with E-state index < -0.39 is 0 Å². The van der Waals surface area contributed by atoms with Gasteiger partial charge < -0.3 is 19.3 Å². The molecule has 4 heterocycles. The second kappa shape index (κ2) is 8.28. The van der Waals surface area contributed by atoms with Crippen LogP contribution < -0.4 is 4.90 Å². The van der Waals surface area contributed by atoms with E-state index in [1.165, 1.54) is 0 Å². The molecule has 0 radical (unpaired) electrons. The van der Waals surface area contributed by atoms with Crippen molar-refractivity contribution in [3.05, 3.63) is 18.5 Å². The number of carbonyl (C=O) groups is 1. The number of nitrogens with zero attached hydrogens (tertiary/aromatic N) is 5. The maximum atomic E-state index is 12.6. The number of likely N-dealkylation sites (tertiary alicyclic amines) is 1. The normalized spacial score (nSPS) is 23.5. The first-order chi connectivity index (χ1) is 12.8. The van der Waals surface area contributed by atoms with Crippen LogP contribution in [0.5, 0.6) is 0 Å². The lowest BCUT2D eigenvalue weighted by Gasteiger charge is -2.37. The molecule has 1 aromatic heterocycles. The van der Waals surface area contributed by atoms with Crippen LogP contribution in [0.1, 0.15) is 12.8 Å². The van der Waals surface area contributed by atoms with Crippen molar-refractivity contribution in [2.45, 2.75) is 19.1 Å². The summed E-state index contributed by atoms with van der Waals surface area (Å²) < 4.78 is 11.2. The molecule has 3 saturated heterocycles. The fraction of sp³-hybridized carbons (Fsp3) is 0.722. The molecular weight excluding hydrogens is 334 g/mol. The van der Waals surface area contributed by atoms with Gasteiger partial charge in [0.2, 0.25) is 11.9 Å². The monoisotopic (exact) mass is 361 g/mol. The van der Waals surface area contributed by atoms with Crippen LogP contribution in [0.4, 0.5) is 5.95 Å². The Labute approximate surface area is 154 Å². The molecular formula is C18H27N5O3. The molecule has 3 fully saturated rings. The number of piperidine rings is 1. The second-order valence-electron chi connectivity index (χ2n) is 7.14. The average molecular weight is 361 g/mol. The first-order valence-electron chi connectivity index (χ1n) is 9.55. The van der Waals surface area contributed by atoms with Crippen molar-refractivity contribution in [1.82, 2.24) is 19.8 Å². The van der Waals surface area contributed by atoms with Crippen molar-refractivity contribution in [2.75, 3.05) is 63.9 Å². The van der Waals surface area contributed by atoms with E-state index in [1.807, 2.05) is 11.0 Å². The van der Waals surface area contributed by atoms with Crippen LogP contribution in [-0.2, 0) is 14.3 Å². The van der Waals surface area contributed by atoms with E-state index in [0.29, 0.717) is 25.7 Å². The van der Waals surface area contributed by atoms with Gasteiger partial charge in [0.15, 0.2) is 6.29 Å². The molecule has 0 saturated carbocycles. The van der Waals surface area contributed by atoms with Crippen molar-refractivity contribution in [1.29, 1.82) is 0 Å². The molecule has 8 nitrogen and oxygen atoms in total. The van der Waals surface area contributed by atoms with Crippen molar-refractivity contribution in [3.63, 3.8) is 0 Å². The first kappa shape index (κ1) is 17.6. The molecule has 0 aliphatic carbocycles. The standard InChI is InChI=1S/C18H27N5O3/c24-16(14-21-6-2-15(3-7-21)17-25-12-13-26-17)22-8-10-23(11-9-22)18-19-4-1-5-20-18/h1,4-5,15,17H,2-3,6-14H2. The van der Waals surface area contributed by atoms with Crippen LogP contribution in [0, 0.1) is 5.92 Å². The SMILES string of the molecule is O=C(CN1CCC(C2OCCO2)CC1)N1CCN(c2ncccn2)CC1. The minimum atomic E-state index is -0.0267. The number of hydrogen-bond donors (Lipinski definition) is 0. The minimum absolute atomic E-state index is 0.0267. The largest absolute Gasteiger partial charge is 0.350 e. The molecule has 3 aliphatic heterocycles. The van der Waals surface area contributed by atoms with Crippen molar-refractivity contribution in [3.8, 4) is 0 Å². The number of carbonyl (C=O) groups excluding carboxylic acids is 1. The lowest BCUT2D eigenvalue weighted by atomic mass is 9.96. The summed E-state index contributed by atoms with van der Waals surface area (Å²) in [4.78, 5) is 27.6. The van der Waals surface area contributed by atoms with Gasteiger partial charge in [-0.05, 0) is 32.0 Å². The zero-order valence-electron chi connectivity index (χ0n) is 15.1. The highest BCUT2D eigenvalue weighted by Gasteiger charge is 2.31.